The normalized spacial score (nSPS) is 13.2. The average molecular weight is 262 g/mol. The molecule has 1 rings (SSSR count). The lowest BCUT2D eigenvalue weighted by Crippen LogP contribution is -2.14. The second-order valence-corrected chi connectivity index (χ2v) is 4.03. The third-order valence-electron chi connectivity index (χ3n) is 2.62. The van der Waals surface area contributed by atoms with E-state index in [0.717, 1.165) is 13.2 Å². The maximum Gasteiger partial charge on any atom is 0.310 e. The summed E-state index contributed by atoms with van der Waals surface area (Å²) in [5.74, 6) is -6.96. The second-order valence-electron chi connectivity index (χ2n) is 4.03. The van der Waals surface area contributed by atoms with Crippen LogP contribution in [0.3, 0.4) is 0 Å². The van der Waals surface area contributed by atoms with E-state index in [1.807, 2.05) is 0 Å². The summed E-state index contributed by atoms with van der Waals surface area (Å²) in [7, 11) is 1.15. The molecule has 3 nitrogen and oxygen atoms in total. The zero-order chi connectivity index (χ0) is 14.1. The average Bonchev–Trinajstić information content (AvgIpc) is 2.25. The van der Waals surface area contributed by atoms with E-state index in [4.69, 9.17) is 9.84 Å². The summed E-state index contributed by atoms with van der Waals surface area (Å²) < 4.78 is 44.7. The first kappa shape index (κ1) is 14.3. The molecule has 0 amide bonds. The molecule has 0 saturated heterocycles. The summed E-state index contributed by atoms with van der Waals surface area (Å²) >= 11 is 0. The van der Waals surface area contributed by atoms with Crippen molar-refractivity contribution in [3.8, 4) is 5.75 Å². The van der Waals surface area contributed by atoms with Gasteiger partial charge in [-0.25, -0.2) is 13.2 Å². The van der Waals surface area contributed by atoms with E-state index >= 15 is 0 Å². The monoisotopic (exact) mass is 262 g/mol. The zero-order valence-corrected chi connectivity index (χ0v) is 10.1. The van der Waals surface area contributed by atoms with Crippen LogP contribution in [0, 0.1) is 5.82 Å². The first-order chi connectivity index (χ1) is 8.18. The van der Waals surface area contributed by atoms with Gasteiger partial charge in [0.25, 0.3) is 5.92 Å². The highest BCUT2D eigenvalue weighted by Crippen LogP contribution is 2.36. The fraction of sp³-hybridized carbons (Fsp3) is 0.417. The van der Waals surface area contributed by atoms with E-state index in [2.05, 4.69) is 0 Å². The molecule has 0 bridgehead atoms. The summed E-state index contributed by atoms with van der Waals surface area (Å²) in [5.41, 5.74) is -0.689. The number of rotatable bonds is 4. The largest absolute Gasteiger partial charge is 0.493 e. The minimum absolute atomic E-state index is 0.110. The number of methoxy groups -OCH3 is 1. The number of hydrogen-bond donors (Lipinski definition) is 1. The summed E-state index contributed by atoms with van der Waals surface area (Å²) in [6.45, 7) is 1.89. The Morgan fingerprint density at radius 1 is 1.44 bits per heavy atom. The number of alkyl halides is 2. The summed E-state index contributed by atoms with van der Waals surface area (Å²) in [4.78, 5) is 10.9. The molecule has 0 aliphatic rings. The van der Waals surface area contributed by atoms with Crippen LogP contribution in [0.15, 0.2) is 12.1 Å². The molecule has 0 aliphatic carbocycles. The Morgan fingerprint density at radius 3 is 2.39 bits per heavy atom. The Balaban J connectivity index is 3.46. The van der Waals surface area contributed by atoms with Gasteiger partial charge in [-0.15, -0.1) is 0 Å². The van der Waals surface area contributed by atoms with E-state index in [0.29, 0.717) is 13.0 Å². The lowest BCUT2D eigenvalue weighted by molar-refractivity contribution is -0.138. The molecular weight excluding hydrogens is 249 g/mol. The number of ether oxygens (including phenoxy) is 1. The molecule has 0 fully saturated rings. The third kappa shape index (κ3) is 2.75. The molecule has 1 N–H and O–H groups in total. The van der Waals surface area contributed by atoms with Gasteiger partial charge in [0.1, 0.15) is 0 Å². The third-order valence-corrected chi connectivity index (χ3v) is 2.62. The van der Waals surface area contributed by atoms with Crippen molar-refractivity contribution in [1.82, 2.24) is 0 Å². The van der Waals surface area contributed by atoms with Gasteiger partial charge in [0, 0.05) is 18.1 Å². The number of hydrogen-bond acceptors (Lipinski definition) is 2. The fourth-order valence-electron chi connectivity index (χ4n) is 1.54. The van der Waals surface area contributed by atoms with Crippen LogP contribution in [0.1, 0.15) is 30.9 Å². The molecule has 0 radical (unpaired) electrons. The first-order valence-electron chi connectivity index (χ1n) is 5.17. The van der Waals surface area contributed by atoms with Crippen molar-refractivity contribution in [2.24, 2.45) is 0 Å². The fourth-order valence-corrected chi connectivity index (χ4v) is 1.54. The van der Waals surface area contributed by atoms with Crippen LogP contribution in [0.25, 0.3) is 0 Å². The summed E-state index contributed by atoms with van der Waals surface area (Å²) in [5, 5.41) is 8.87. The van der Waals surface area contributed by atoms with Gasteiger partial charge < -0.3 is 9.84 Å². The molecule has 100 valence electrons. The summed E-state index contributed by atoms with van der Waals surface area (Å²) in [6.07, 6.45) is 0. The predicted octanol–water partition coefficient (Wildman–Crippen LogP) is 3.13. The van der Waals surface area contributed by atoms with Gasteiger partial charge >= 0.3 is 5.97 Å². The molecule has 1 unspecified atom stereocenters. The molecule has 6 heteroatoms. The van der Waals surface area contributed by atoms with Crippen LogP contribution in [0.4, 0.5) is 13.2 Å². The van der Waals surface area contributed by atoms with Gasteiger partial charge in [-0.3, -0.25) is 4.79 Å². The molecule has 0 spiro atoms. The number of aliphatic carboxylic acids is 1. The van der Waals surface area contributed by atoms with Crippen molar-refractivity contribution < 1.29 is 27.8 Å². The van der Waals surface area contributed by atoms with Crippen LogP contribution >= 0.6 is 0 Å². The maximum atomic E-state index is 13.6. The van der Waals surface area contributed by atoms with E-state index in [-0.39, 0.29) is 11.3 Å². The Labute approximate surface area is 102 Å². The van der Waals surface area contributed by atoms with E-state index < -0.39 is 29.2 Å². The van der Waals surface area contributed by atoms with Crippen molar-refractivity contribution in [3.05, 3.63) is 29.1 Å². The van der Waals surface area contributed by atoms with Gasteiger partial charge in [0.05, 0.1) is 13.0 Å². The van der Waals surface area contributed by atoms with Gasteiger partial charge in [-0.2, -0.15) is 0 Å². The van der Waals surface area contributed by atoms with E-state index in [9.17, 15) is 18.0 Å². The Bertz CT molecular complexity index is 466. The Kier molecular flexibility index (Phi) is 3.88. The van der Waals surface area contributed by atoms with Gasteiger partial charge in [0.2, 0.25) is 0 Å². The van der Waals surface area contributed by atoms with Crippen molar-refractivity contribution in [3.63, 3.8) is 0 Å². The highest BCUT2D eigenvalue weighted by Gasteiger charge is 2.30. The number of halogens is 3. The van der Waals surface area contributed by atoms with Crippen LogP contribution in [0.2, 0.25) is 0 Å². The standard InChI is InChI=1S/C12H13F3O3/c1-6(11(16)17)8-4-7(12(2,14)15)5-9(13)10(8)18-3/h4-6H,1-3H3,(H,16,17). The molecule has 0 saturated carbocycles. The Hall–Kier alpha value is -1.72. The van der Waals surface area contributed by atoms with Crippen molar-refractivity contribution in [2.45, 2.75) is 25.7 Å². The molecule has 0 aromatic heterocycles. The number of carboxylic acids is 1. The van der Waals surface area contributed by atoms with Gasteiger partial charge in [-0.05, 0) is 19.1 Å². The van der Waals surface area contributed by atoms with E-state index in [1.165, 1.54) is 6.92 Å². The molecule has 1 atom stereocenters. The van der Waals surface area contributed by atoms with Gasteiger partial charge in [0.15, 0.2) is 11.6 Å². The lowest BCUT2D eigenvalue weighted by Gasteiger charge is -2.17. The highest BCUT2D eigenvalue weighted by molar-refractivity contribution is 5.77. The number of carbonyl (C=O) groups is 1. The van der Waals surface area contributed by atoms with E-state index in [1.54, 1.807) is 0 Å². The quantitative estimate of drug-likeness (QED) is 0.906. The van der Waals surface area contributed by atoms with Crippen LogP contribution in [0.5, 0.6) is 5.75 Å². The predicted molar refractivity (Wildman–Crippen MR) is 58.6 cm³/mol. The summed E-state index contributed by atoms with van der Waals surface area (Å²) in [6, 6.07) is 1.61. The number of carboxylic acid groups (broad SMARTS) is 1. The minimum atomic E-state index is -3.25. The van der Waals surface area contributed by atoms with Crippen LogP contribution in [-0.2, 0) is 10.7 Å². The smallest absolute Gasteiger partial charge is 0.310 e. The molecule has 18 heavy (non-hydrogen) atoms. The van der Waals surface area contributed by atoms with Crippen molar-refractivity contribution in [1.29, 1.82) is 0 Å². The van der Waals surface area contributed by atoms with Crippen LogP contribution < -0.4 is 4.74 Å². The molecule has 0 aliphatic heterocycles. The molecule has 0 heterocycles. The number of benzene rings is 1. The van der Waals surface area contributed by atoms with Gasteiger partial charge in [-0.1, -0.05) is 0 Å². The second kappa shape index (κ2) is 4.88. The molecule has 1 aromatic rings. The zero-order valence-electron chi connectivity index (χ0n) is 10.1. The maximum absolute atomic E-state index is 13.6. The van der Waals surface area contributed by atoms with Crippen LogP contribution in [-0.4, -0.2) is 18.2 Å². The minimum Gasteiger partial charge on any atom is -0.493 e. The highest BCUT2D eigenvalue weighted by atomic mass is 19.3. The molecular formula is C12H13F3O3. The Morgan fingerprint density at radius 2 is 2.00 bits per heavy atom. The topological polar surface area (TPSA) is 46.5 Å². The van der Waals surface area contributed by atoms with Crippen molar-refractivity contribution >= 4 is 5.97 Å². The molecule has 1 aromatic carbocycles. The SMILES string of the molecule is COc1c(F)cc(C(C)(F)F)cc1C(C)C(=O)O. The first-order valence-corrected chi connectivity index (χ1v) is 5.17. The van der Waals surface area contributed by atoms with Crippen molar-refractivity contribution in [2.75, 3.05) is 7.11 Å². The lowest BCUT2D eigenvalue weighted by atomic mass is 9.96.